The van der Waals surface area contributed by atoms with Crippen LogP contribution in [0.1, 0.15) is 48.0 Å². The van der Waals surface area contributed by atoms with Crippen molar-refractivity contribution in [1.29, 1.82) is 0 Å². The van der Waals surface area contributed by atoms with Gasteiger partial charge in [-0.3, -0.25) is 9.59 Å². The Kier molecular flexibility index (Phi) is 5.63. The zero-order valence-electron chi connectivity index (χ0n) is 18.0. The van der Waals surface area contributed by atoms with E-state index in [2.05, 4.69) is 15.6 Å². The topological polar surface area (TPSA) is 93.3 Å². The SMILES string of the molecule is CNC(=O)[C@@]1(Cc2cc(C(C)C)no2)CCN(C(=O)c2cccc(-n3cccn3)c2)C1. The molecule has 1 atom stereocenters. The van der Waals surface area contributed by atoms with Crippen LogP contribution in [0.2, 0.25) is 0 Å². The van der Waals surface area contributed by atoms with Crippen LogP contribution in [0.5, 0.6) is 0 Å². The van der Waals surface area contributed by atoms with Gasteiger partial charge in [0.15, 0.2) is 0 Å². The molecule has 2 aromatic heterocycles. The van der Waals surface area contributed by atoms with Crippen LogP contribution in [0.15, 0.2) is 53.3 Å². The Labute approximate surface area is 181 Å². The molecule has 0 saturated carbocycles. The molecule has 8 heteroatoms. The summed E-state index contributed by atoms with van der Waals surface area (Å²) in [4.78, 5) is 27.9. The van der Waals surface area contributed by atoms with Crippen molar-refractivity contribution < 1.29 is 14.1 Å². The molecule has 0 radical (unpaired) electrons. The fourth-order valence-corrected chi connectivity index (χ4v) is 4.12. The predicted octanol–water partition coefficient (Wildman–Crippen LogP) is 2.80. The van der Waals surface area contributed by atoms with E-state index >= 15 is 0 Å². The molecule has 1 saturated heterocycles. The third-order valence-corrected chi connectivity index (χ3v) is 5.89. The fourth-order valence-electron chi connectivity index (χ4n) is 4.12. The Balaban J connectivity index is 1.55. The van der Waals surface area contributed by atoms with E-state index in [9.17, 15) is 9.59 Å². The molecular formula is C23H27N5O3. The summed E-state index contributed by atoms with van der Waals surface area (Å²) in [5, 5.41) is 11.1. The number of aromatic nitrogens is 3. The van der Waals surface area contributed by atoms with Crippen LogP contribution in [0.4, 0.5) is 0 Å². The normalized spacial score (nSPS) is 18.5. The number of benzene rings is 1. The smallest absolute Gasteiger partial charge is 0.253 e. The first-order chi connectivity index (χ1) is 14.9. The molecule has 1 aliphatic heterocycles. The minimum atomic E-state index is -0.738. The molecule has 1 N–H and O–H groups in total. The van der Waals surface area contributed by atoms with Crippen molar-refractivity contribution in [3.8, 4) is 5.69 Å². The maximum absolute atomic E-state index is 13.2. The first kappa shape index (κ1) is 20.8. The highest BCUT2D eigenvalue weighted by atomic mass is 16.5. The average molecular weight is 422 g/mol. The molecule has 4 rings (SSSR count). The quantitative estimate of drug-likeness (QED) is 0.661. The van der Waals surface area contributed by atoms with Gasteiger partial charge < -0.3 is 14.7 Å². The first-order valence-corrected chi connectivity index (χ1v) is 10.5. The van der Waals surface area contributed by atoms with Crippen LogP contribution in [-0.4, -0.2) is 51.8 Å². The van der Waals surface area contributed by atoms with Gasteiger partial charge in [0.2, 0.25) is 5.91 Å². The number of rotatable bonds is 6. The number of hydrogen-bond acceptors (Lipinski definition) is 5. The summed E-state index contributed by atoms with van der Waals surface area (Å²) in [5.74, 6) is 0.732. The van der Waals surface area contributed by atoms with Gasteiger partial charge in [-0.05, 0) is 36.6 Å². The summed E-state index contributed by atoms with van der Waals surface area (Å²) in [6.45, 7) is 4.92. The Hall–Kier alpha value is -3.42. The minimum Gasteiger partial charge on any atom is -0.361 e. The largest absolute Gasteiger partial charge is 0.361 e. The van der Waals surface area contributed by atoms with Crippen molar-refractivity contribution in [2.45, 2.75) is 32.6 Å². The summed E-state index contributed by atoms with van der Waals surface area (Å²) in [6, 6.07) is 11.1. The van der Waals surface area contributed by atoms with Crippen LogP contribution in [0.25, 0.3) is 5.69 Å². The second-order valence-electron chi connectivity index (χ2n) is 8.39. The Bertz CT molecular complexity index is 1070. The lowest BCUT2D eigenvalue weighted by atomic mass is 9.81. The standard InChI is InChI=1S/C23H27N5O3/c1-16(2)20-13-19(31-26-20)14-23(22(30)24-3)8-11-27(15-23)21(29)17-6-4-7-18(12-17)28-10-5-9-25-28/h4-7,9-10,12-13,16H,8,11,14-15H2,1-3H3,(H,24,30)/t23-/m1/s1. The molecule has 31 heavy (non-hydrogen) atoms. The van der Waals surface area contributed by atoms with Crippen LogP contribution >= 0.6 is 0 Å². The summed E-state index contributed by atoms with van der Waals surface area (Å²) < 4.78 is 7.22. The molecule has 3 aromatic rings. The number of nitrogens with zero attached hydrogens (tertiary/aromatic N) is 4. The molecule has 0 aliphatic carbocycles. The van der Waals surface area contributed by atoms with Gasteiger partial charge in [0.05, 0.1) is 16.8 Å². The Morgan fingerprint density at radius 2 is 2.10 bits per heavy atom. The molecule has 0 unspecified atom stereocenters. The number of amides is 2. The van der Waals surface area contributed by atoms with E-state index in [-0.39, 0.29) is 17.7 Å². The maximum atomic E-state index is 13.2. The lowest BCUT2D eigenvalue weighted by Gasteiger charge is -2.26. The molecule has 1 fully saturated rings. The van der Waals surface area contributed by atoms with Crippen molar-refractivity contribution in [2.24, 2.45) is 5.41 Å². The molecule has 2 amide bonds. The molecular weight excluding hydrogens is 394 g/mol. The van der Waals surface area contributed by atoms with Crippen molar-refractivity contribution in [3.63, 3.8) is 0 Å². The van der Waals surface area contributed by atoms with E-state index in [0.29, 0.717) is 37.3 Å². The van der Waals surface area contributed by atoms with Gasteiger partial charge in [0, 0.05) is 50.6 Å². The van der Waals surface area contributed by atoms with E-state index in [1.54, 1.807) is 28.9 Å². The minimum absolute atomic E-state index is 0.0874. The van der Waals surface area contributed by atoms with Crippen molar-refractivity contribution in [3.05, 3.63) is 65.8 Å². The number of carbonyl (C=O) groups is 2. The predicted molar refractivity (Wildman–Crippen MR) is 115 cm³/mol. The van der Waals surface area contributed by atoms with Crippen molar-refractivity contribution in [1.82, 2.24) is 25.2 Å². The second-order valence-corrected chi connectivity index (χ2v) is 8.39. The van der Waals surface area contributed by atoms with Gasteiger partial charge in [-0.2, -0.15) is 5.10 Å². The lowest BCUT2D eigenvalue weighted by Crippen LogP contribution is -2.44. The van der Waals surface area contributed by atoms with E-state index in [1.807, 2.05) is 50.4 Å². The van der Waals surface area contributed by atoms with E-state index in [1.165, 1.54) is 0 Å². The number of hydrogen-bond donors (Lipinski definition) is 1. The first-order valence-electron chi connectivity index (χ1n) is 10.5. The highest BCUT2D eigenvalue weighted by molar-refractivity contribution is 5.96. The van der Waals surface area contributed by atoms with Crippen LogP contribution < -0.4 is 5.32 Å². The van der Waals surface area contributed by atoms with Gasteiger partial charge in [-0.15, -0.1) is 0 Å². The van der Waals surface area contributed by atoms with Gasteiger partial charge in [0.25, 0.3) is 5.91 Å². The van der Waals surface area contributed by atoms with E-state index < -0.39 is 5.41 Å². The molecule has 0 bridgehead atoms. The molecule has 3 heterocycles. The van der Waals surface area contributed by atoms with E-state index in [0.717, 1.165) is 11.4 Å². The van der Waals surface area contributed by atoms with Crippen molar-refractivity contribution >= 4 is 11.8 Å². The van der Waals surface area contributed by atoms with Gasteiger partial charge in [0.1, 0.15) is 5.76 Å². The Morgan fingerprint density at radius 1 is 1.26 bits per heavy atom. The van der Waals surface area contributed by atoms with E-state index in [4.69, 9.17) is 4.52 Å². The van der Waals surface area contributed by atoms with Gasteiger partial charge in [-0.25, -0.2) is 4.68 Å². The maximum Gasteiger partial charge on any atom is 0.253 e. The summed E-state index contributed by atoms with van der Waals surface area (Å²) in [5.41, 5.74) is 1.51. The molecule has 1 aromatic carbocycles. The summed E-state index contributed by atoms with van der Waals surface area (Å²) in [6.07, 6.45) is 4.50. The second kappa shape index (κ2) is 8.37. The summed E-state index contributed by atoms with van der Waals surface area (Å²) in [7, 11) is 1.63. The van der Waals surface area contributed by atoms with Crippen LogP contribution in [0.3, 0.4) is 0 Å². The highest BCUT2D eigenvalue weighted by Gasteiger charge is 2.46. The zero-order valence-corrected chi connectivity index (χ0v) is 18.0. The summed E-state index contributed by atoms with van der Waals surface area (Å²) >= 11 is 0. The number of nitrogens with one attached hydrogen (secondary N) is 1. The van der Waals surface area contributed by atoms with Gasteiger partial charge in [-0.1, -0.05) is 25.1 Å². The number of likely N-dealkylation sites (tertiary alicyclic amines) is 1. The third-order valence-electron chi connectivity index (χ3n) is 5.89. The molecule has 1 aliphatic rings. The Morgan fingerprint density at radius 3 is 2.77 bits per heavy atom. The van der Waals surface area contributed by atoms with Gasteiger partial charge >= 0.3 is 0 Å². The lowest BCUT2D eigenvalue weighted by molar-refractivity contribution is -0.130. The average Bonchev–Trinajstić information content (AvgIpc) is 3.54. The molecule has 8 nitrogen and oxygen atoms in total. The van der Waals surface area contributed by atoms with Crippen LogP contribution in [-0.2, 0) is 11.2 Å². The van der Waals surface area contributed by atoms with Crippen LogP contribution in [0, 0.1) is 5.41 Å². The third kappa shape index (κ3) is 4.10. The molecule has 0 spiro atoms. The zero-order chi connectivity index (χ0) is 22.0. The fraction of sp³-hybridized carbons (Fsp3) is 0.391. The highest BCUT2D eigenvalue weighted by Crippen LogP contribution is 2.36. The van der Waals surface area contributed by atoms with Crippen molar-refractivity contribution in [2.75, 3.05) is 20.1 Å². The monoisotopic (exact) mass is 421 g/mol. The number of carbonyl (C=O) groups excluding carboxylic acids is 2. The molecule has 162 valence electrons.